The van der Waals surface area contributed by atoms with Crippen molar-refractivity contribution >= 4 is 17.6 Å². The van der Waals surface area contributed by atoms with E-state index in [1.54, 1.807) is 17.8 Å². The summed E-state index contributed by atoms with van der Waals surface area (Å²) in [4.78, 5) is 3.47. The molecular formula is C14H16F3N3OS. The predicted octanol–water partition coefficient (Wildman–Crippen LogP) is 3.03. The van der Waals surface area contributed by atoms with Gasteiger partial charge in [0, 0.05) is 11.8 Å². The van der Waals surface area contributed by atoms with E-state index in [0.29, 0.717) is 6.42 Å². The van der Waals surface area contributed by atoms with Crippen molar-refractivity contribution in [3.05, 3.63) is 23.4 Å². The first-order valence-electron chi connectivity index (χ1n) is 6.86. The molecule has 1 fully saturated rings. The Morgan fingerprint density at radius 3 is 2.77 bits per heavy atom. The zero-order valence-corrected chi connectivity index (χ0v) is 12.8. The molecule has 22 heavy (non-hydrogen) atoms. The number of alkyl halides is 3. The second-order valence-corrected chi connectivity index (χ2v) is 6.62. The molecule has 1 aliphatic rings. The summed E-state index contributed by atoms with van der Waals surface area (Å²) in [7, 11) is 0. The monoisotopic (exact) mass is 331 g/mol. The summed E-state index contributed by atoms with van der Waals surface area (Å²) in [6.07, 6.45) is -3.12. The number of nitrogens with zero attached hydrogens (tertiary/aromatic N) is 2. The standard InChI is InChI=1S/C14H16F3N3OS/c1-2-22-11-5-6-13(11,21)8-19-12-9(7-18)3-4-10(20-12)14(15,16)17/h3-4,11,21H,2,5-6,8H2,1H3,(H,19,20). The molecule has 0 bridgehead atoms. The molecule has 0 aliphatic heterocycles. The fraction of sp³-hybridized carbons (Fsp3) is 0.571. The Morgan fingerprint density at radius 2 is 2.27 bits per heavy atom. The van der Waals surface area contributed by atoms with Crippen molar-refractivity contribution < 1.29 is 18.3 Å². The van der Waals surface area contributed by atoms with Crippen LogP contribution in [0.4, 0.5) is 19.0 Å². The quantitative estimate of drug-likeness (QED) is 0.868. The summed E-state index contributed by atoms with van der Waals surface area (Å²) >= 11 is 1.62. The number of anilines is 1. The average molecular weight is 331 g/mol. The van der Waals surface area contributed by atoms with Crippen molar-refractivity contribution in [3.8, 4) is 6.07 Å². The maximum Gasteiger partial charge on any atom is 0.433 e. The van der Waals surface area contributed by atoms with Crippen LogP contribution in [0.3, 0.4) is 0 Å². The molecule has 1 aromatic rings. The average Bonchev–Trinajstić information content (AvgIpc) is 2.47. The molecule has 2 rings (SSSR count). The SMILES string of the molecule is CCSC1CCC1(O)CNc1nc(C(F)(F)F)ccc1C#N. The molecule has 4 nitrogen and oxygen atoms in total. The van der Waals surface area contributed by atoms with E-state index in [2.05, 4.69) is 10.3 Å². The maximum absolute atomic E-state index is 12.7. The molecule has 2 N–H and O–H groups in total. The number of hydrogen-bond acceptors (Lipinski definition) is 5. The summed E-state index contributed by atoms with van der Waals surface area (Å²) < 4.78 is 38.1. The lowest BCUT2D eigenvalue weighted by Gasteiger charge is -2.45. The van der Waals surface area contributed by atoms with Gasteiger partial charge in [0.15, 0.2) is 0 Å². The molecule has 1 saturated carbocycles. The summed E-state index contributed by atoms with van der Waals surface area (Å²) in [6.45, 7) is 2.06. The van der Waals surface area contributed by atoms with Gasteiger partial charge in [-0.25, -0.2) is 4.98 Å². The number of aromatic nitrogens is 1. The van der Waals surface area contributed by atoms with Crippen LogP contribution in [0.1, 0.15) is 31.0 Å². The lowest BCUT2D eigenvalue weighted by atomic mass is 9.79. The van der Waals surface area contributed by atoms with Gasteiger partial charge in [0.25, 0.3) is 0 Å². The summed E-state index contributed by atoms with van der Waals surface area (Å²) in [5.41, 5.74) is -2.01. The van der Waals surface area contributed by atoms with Crippen LogP contribution in [0.15, 0.2) is 12.1 Å². The van der Waals surface area contributed by atoms with E-state index in [1.165, 1.54) is 0 Å². The van der Waals surface area contributed by atoms with Crippen LogP contribution in [0.5, 0.6) is 0 Å². The minimum absolute atomic E-state index is 0.0237. The fourth-order valence-corrected chi connectivity index (χ4v) is 3.51. The van der Waals surface area contributed by atoms with Gasteiger partial charge in [-0.2, -0.15) is 30.2 Å². The van der Waals surface area contributed by atoms with Gasteiger partial charge in [-0.3, -0.25) is 0 Å². The molecule has 0 radical (unpaired) electrons. The van der Waals surface area contributed by atoms with Crippen molar-refractivity contribution in [1.29, 1.82) is 5.26 Å². The fourth-order valence-electron chi connectivity index (χ4n) is 2.32. The minimum atomic E-state index is -4.57. The normalized spacial score (nSPS) is 24.5. The first-order valence-corrected chi connectivity index (χ1v) is 7.91. The Morgan fingerprint density at radius 1 is 1.55 bits per heavy atom. The molecule has 0 saturated heterocycles. The van der Waals surface area contributed by atoms with Crippen molar-refractivity contribution in [2.75, 3.05) is 17.6 Å². The maximum atomic E-state index is 12.7. The largest absolute Gasteiger partial charge is 0.433 e. The van der Waals surface area contributed by atoms with Gasteiger partial charge in [-0.05, 0) is 30.7 Å². The molecule has 2 atom stereocenters. The number of nitriles is 1. The molecule has 1 heterocycles. The van der Waals surface area contributed by atoms with Gasteiger partial charge < -0.3 is 10.4 Å². The Kier molecular flexibility index (Phi) is 4.87. The Labute approximate surface area is 130 Å². The first-order chi connectivity index (χ1) is 10.3. The van der Waals surface area contributed by atoms with Crippen LogP contribution in [-0.2, 0) is 6.18 Å². The highest BCUT2D eigenvalue weighted by Crippen LogP contribution is 2.41. The number of thioether (sulfide) groups is 1. The molecule has 0 amide bonds. The molecule has 1 aromatic heterocycles. The van der Waals surface area contributed by atoms with E-state index in [4.69, 9.17) is 5.26 Å². The smallest absolute Gasteiger partial charge is 0.387 e. The second kappa shape index (κ2) is 6.34. The molecule has 120 valence electrons. The number of aliphatic hydroxyl groups is 1. The van der Waals surface area contributed by atoms with Gasteiger partial charge in [-0.1, -0.05) is 6.92 Å². The highest BCUT2D eigenvalue weighted by Gasteiger charge is 2.45. The van der Waals surface area contributed by atoms with Crippen molar-refractivity contribution in [3.63, 3.8) is 0 Å². The van der Waals surface area contributed by atoms with Gasteiger partial charge in [0.05, 0.1) is 11.2 Å². The first kappa shape index (κ1) is 16.9. The highest BCUT2D eigenvalue weighted by atomic mass is 32.2. The summed E-state index contributed by atoms with van der Waals surface area (Å²) in [5, 5.41) is 22.2. The van der Waals surface area contributed by atoms with Gasteiger partial charge in [0.1, 0.15) is 17.6 Å². The van der Waals surface area contributed by atoms with Crippen LogP contribution in [0.25, 0.3) is 0 Å². The van der Waals surface area contributed by atoms with Gasteiger partial charge in [0.2, 0.25) is 0 Å². The number of rotatable bonds is 5. The second-order valence-electron chi connectivity index (χ2n) is 5.14. The number of nitrogens with one attached hydrogen (secondary N) is 1. The summed E-state index contributed by atoms with van der Waals surface area (Å²) in [6, 6.07) is 3.66. The topological polar surface area (TPSA) is 68.9 Å². The predicted molar refractivity (Wildman–Crippen MR) is 78.5 cm³/mol. The lowest BCUT2D eigenvalue weighted by Crippen LogP contribution is -2.54. The lowest BCUT2D eigenvalue weighted by molar-refractivity contribution is -0.141. The van der Waals surface area contributed by atoms with Crippen LogP contribution in [-0.4, -0.2) is 33.2 Å². The molecule has 0 spiro atoms. The zero-order valence-electron chi connectivity index (χ0n) is 11.9. The molecule has 2 unspecified atom stereocenters. The van der Waals surface area contributed by atoms with Gasteiger partial charge in [-0.15, -0.1) is 0 Å². The van der Waals surface area contributed by atoms with Crippen molar-refractivity contribution in [2.24, 2.45) is 0 Å². The molecule has 0 aromatic carbocycles. The highest BCUT2D eigenvalue weighted by molar-refractivity contribution is 8.00. The zero-order chi connectivity index (χ0) is 16.4. The van der Waals surface area contributed by atoms with Crippen LogP contribution in [0, 0.1) is 11.3 Å². The number of halogens is 3. The number of pyridine rings is 1. The van der Waals surface area contributed by atoms with Crippen LogP contribution >= 0.6 is 11.8 Å². The van der Waals surface area contributed by atoms with E-state index in [-0.39, 0.29) is 23.2 Å². The minimum Gasteiger partial charge on any atom is -0.387 e. The van der Waals surface area contributed by atoms with E-state index in [1.807, 2.05) is 6.92 Å². The Bertz CT molecular complexity index is 588. The van der Waals surface area contributed by atoms with Crippen LogP contribution < -0.4 is 5.32 Å². The molecule has 1 aliphatic carbocycles. The van der Waals surface area contributed by atoms with Crippen molar-refractivity contribution in [2.45, 2.75) is 36.8 Å². The van der Waals surface area contributed by atoms with E-state index in [9.17, 15) is 18.3 Å². The third kappa shape index (κ3) is 3.47. The van der Waals surface area contributed by atoms with Gasteiger partial charge >= 0.3 is 6.18 Å². The Balaban J connectivity index is 2.14. The van der Waals surface area contributed by atoms with Crippen molar-refractivity contribution in [1.82, 2.24) is 4.98 Å². The third-order valence-corrected chi connectivity index (χ3v) is 5.08. The van der Waals surface area contributed by atoms with E-state index in [0.717, 1.165) is 24.3 Å². The van der Waals surface area contributed by atoms with E-state index < -0.39 is 17.5 Å². The van der Waals surface area contributed by atoms with Crippen LogP contribution in [0.2, 0.25) is 0 Å². The molecule has 8 heteroatoms. The molecular weight excluding hydrogens is 315 g/mol. The number of hydrogen-bond donors (Lipinski definition) is 2. The summed E-state index contributed by atoms with van der Waals surface area (Å²) in [5.74, 6) is 0.719. The third-order valence-electron chi connectivity index (χ3n) is 3.67. The Hall–Kier alpha value is -1.46. The van der Waals surface area contributed by atoms with E-state index >= 15 is 0 Å².